The van der Waals surface area contributed by atoms with Gasteiger partial charge in [0.15, 0.2) is 0 Å². The third-order valence-electron chi connectivity index (χ3n) is 7.54. The first-order valence-electron chi connectivity index (χ1n) is 12.0. The zero-order valence-corrected chi connectivity index (χ0v) is 18.9. The highest BCUT2D eigenvalue weighted by Crippen LogP contribution is 2.34. The molecule has 3 aliphatic rings. The average Bonchev–Trinajstić information content (AvgIpc) is 3.40. The number of piperidine rings is 2. The number of amides is 3. The van der Waals surface area contributed by atoms with Crippen LogP contribution < -0.4 is 5.32 Å². The lowest BCUT2D eigenvalue weighted by Gasteiger charge is -2.32. The lowest BCUT2D eigenvalue weighted by atomic mass is 9.87. The second-order valence-corrected chi connectivity index (χ2v) is 9.58. The Morgan fingerprint density at radius 2 is 1.91 bits per heavy atom. The highest BCUT2D eigenvalue weighted by Gasteiger charge is 2.39. The molecule has 3 aliphatic heterocycles. The summed E-state index contributed by atoms with van der Waals surface area (Å²) in [7, 11) is 0. The quantitative estimate of drug-likeness (QED) is 0.587. The van der Waals surface area contributed by atoms with Crippen LogP contribution in [0.1, 0.15) is 58.6 Å². The number of pyridine rings is 1. The number of carbonyl (C=O) groups excluding carboxylic acids is 3. The number of nitrogens with one attached hydrogen (secondary N) is 2. The predicted molar refractivity (Wildman–Crippen MR) is 126 cm³/mol. The van der Waals surface area contributed by atoms with Crippen LogP contribution in [-0.2, 0) is 22.7 Å². The Hall–Kier alpha value is -3.52. The summed E-state index contributed by atoms with van der Waals surface area (Å²) in [6.45, 7) is 3.39. The van der Waals surface area contributed by atoms with Gasteiger partial charge >= 0.3 is 0 Å². The van der Waals surface area contributed by atoms with Crippen LogP contribution in [0.15, 0.2) is 42.7 Å². The van der Waals surface area contributed by atoms with Gasteiger partial charge in [-0.1, -0.05) is 12.1 Å². The monoisotopic (exact) mass is 457 g/mol. The third kappa shape index (κ3) is 3.68. The molecule has 2 fully saturated rings. The van der Waals surface area contributed by atoms with Crippen LogP contribution in [0.25, 0.3) is 11.0 Å². The van der Waals surface area contributed by atoms with Gasteiger partial charge in [0.2, 0.25) is 11.8 Å². The zero-order valence-electron chi connectivity index (χ0n) is 18.9. The van der Waals surface area contributed by atoms with E-state index in [0.29, 0.717) is 24.4 Å². The minimum Gasteiger partial charge on any atom is -0.346 e. The minimum absolute atomic E-state index is 0.112. The van der Waals surface area contributed by atoms with E-state index >= 15 is 0 Å². The van der Waals surface area contributed by atoms with Gasteiger partial charge in [-0.25, -0.2) is 4.98 Å². The first kappa shape index (κ1) is 21.0. The van der Waals surface area contributed by atoms with Crippen LogP contribution in [0.3, 0.4) is 0 Å². The molecule has 8 heteroatoms. The van der Waals surface area contributed by atoms with Gasteiger partial charge in [-0.15, -0.1) is 0 Å². The van der Waals surface area contributed by atoms with Gasteiger partial charge in [0, 0.05) is 42.9 Å². The summed E-state index contributed by atoms with van der Waals surface area (Å²) in [6, 6.07) is 9.69. The summed E-state index contributed by atoms with van der Waals surface area (Å²) in [5.41, 5.74) is 5.16. The maximum absolute atomic E-state index is 12.9. The maximum atomic E-state index is 12.9. The summed E-state index contributed by atoms with van der Waals surface area (Å²) in [5.74, 6) is -0.276. The van der Waals surface area contributed by atoms with E-state index in [2.05, 4.69) is 44.6 Å². The third-order valence-corrected chi connectivity index (χ3v) is 7.54. The largest absolute Gasteiger partial charge is 0.346 e. The first-order valence-corrected chi connectivity index (χ1v) is 12.0. The summed E-state index contributed by atoms with van der Waals surface area (Å²) in [4.78, 5) is 48.5. The van der Waals surface area contributed by atoms with Crippen molar-refractivity contribution in [2.24, 2.45) is 0 Å². The number of nitrogens with zero attached hydrogens (tertiary/aromatic N) is 3. The number of hydrogen-bond donors (Lipinski definition) is 2. The molecule has 174 valence electrons. The molecule has 1 unspecified atom stereocenters. The van der Waals surface area contributed by atoms with E-state index in [9.17, 15) is 14.4 Å². The molecule has 2 saturated heterocycles. The van der Waals surface area contributed by atoms with E-state index in [0.717, 1.165) is 43.7 Å². The summed E-state index contributed by atoms with van der Waals surface area (Å²) in [5, 5.41) is 3.55. The van der Waals surface area contributed by atoms with Crippen molar-refractivity contribution in [3.05, 3.63) is 65.0 Å². The molecule has 0 spiro atoms. The van der Waals surface area contributed by atoms with Crippen LogP contribution in [0.2, 0.25) is 0 Å². The first-order chi connectivity index (χ1) is 16.6. The molecule has 0 aliphatic carbocycles. The fraction of sp³-hybridized carbons (Fsp3) is 0.385. The fourth-order valence-electron chi connectivity index (χ4n) is 5.66. The molecule has 34 heavy (non-hydrogen) atoms. The molecule has 2 aromatic heterocycles. The molecule has 0 radical (unpaired) electrons. The topological polar surface area (TPSA) is 98.4 Å². The Balaban J connectivity index is 1.11. The number of rotatable bonds is 4. The Labute approximate surface area is 197 Å². The van der Waals surface area contributed by atoms with Crippen LogP contribution in [0.4, 0.5) is 0 Å². The molecule has 1 aromatic carbocycles. The van der Waals surface area contributed by atoms with Crippen molar-refractivity contribution in [3.8, 4) is 0 Å². The van der Waals surface area contributed by atoms with Gasteiger partial charge in [-0.3, -0.25) is 24.6 Å². The van der Waals surface area contributed by atoms with Gasteiger partial charge in [-0.05, 0) is 73.2 Å². The van der Waals surface area contributed by atoms with Gasteiger partial charge in [-0.2, -0.15) is 0 Å². The second kappa shape index (κ2) is 8.36. The number of imide groups is 1. The van der Waals surface area contributed by atoms with Crippen LogP contribution in [0.5, 0.6) is 0 Å². The zero-order chi connectivity index (χ0) is 23.2. The van der Waals surface area contributed by atoms with Crippen molar-refractivity contribution in [2.45, 2.75) is 50.7 Å². The molecule has 6 rings (SSSR count). The fourth-order valence-corrected chi connectivity index (χ4v) is 5.66. The molecule has 3 amide bonds. The van der Waals surface area contributed by atoms with E-state index in [1.807, 2.05) is 18.3 Å². The van der Waals surface area contributed by atoms with E-state index < -0.39 is 6.04 Å². The van der Waals surface area contributed by atoms with Gasteiger partial charge in [0.1, 0.15) is 11.7 Å². The van der Waals surface area contributed by atoms with Crippen molar-refractivity contribution in [2.75, 3.05) is 13.1 Å². The van der Waals surface area contributed by atoms with E-state index in [4.69, 9.17) is 0 Å². The van der Waals surface area contributed by atoms with Crippen molar-refractivity contribution in [1.82, 2.24) is 25.1 Å². The van der Waals surface area contributed by atoms with Crippen LogP contribution in [-0.4, -0.2) is 56.6 Å². The predicted octanol–water partition coefficient (Wildman–Crippen LogP) is 2.70. The van der Waals surface area contributed by atoms with Gasteiger partial charge in [0.05, 0.1) is 0 Å². The summed E-state index contributed by atoms with van der Waals surface area (Å²) < 4.78 is 0. The molecule has 5 heterocycles. The molecule has 3 aromatic rings. The highest BCUT2D eigenvalue weighted by molar-refractivity contribution is 6.05. The highest BCUT2D eigenvalue weighted by atomic mass is 16.2. The average molecular weight is 458 g/mol. The Morgan fingerprint density at radius 1 is 1.06 bits per heavy atom. The number of carbonyl (C=O) groups is 3. The molecule has 8 nitrogen and oxygen atoms in total. The van der Waals surface area contributed by atoms with Crippen molar-refractivity contribution < 1.29 is 14.4 Å². The van der Waals surface area contributed by atoms with Gasteiger partial charge < -0.3 is 9.88 Å². The number of hydrogen-bond acceptors (Lipinski definition) is 5. The molecule has 0 saturated carbocycles. The van der Waals surface area contributed by atoms with Crippen molar-refractivity contribution >= 4 is 28.8 Å². The van der Waals surface area contributed by atoms with Gasteiger partial charge in [0.25, 0.3) is 5.91 Å². The SMILES string of the molecule is O=C1CCC(N2Cc3cc(C4CCN(Cc5c[nH]c6ncccc56)CC4)ccc3C2=O)C(=O)N1. The second-order valence-electron chi connectivity index (χ2n) is 9.58. The molecular formula is C26H27N5O3. The molecule has 0 bridgehead atoms. The Bertz CT molecular complexity index is 1290. The maximum Gasteiger partial charge on any atom is 0.255 e. The van der Waals surface area contributed by atoms with E-state index in [-0.39, 0.29) is 24.1 Å². The van der Waals surface area contributed by atoms with Crippen LogP contribution >= 0.6 is 0 Å². The number of fused-ring (bicyclic) bond motifs is 2. The number of benzene rings is 1. The standard InChI is InChI=1S/C26H27N5O3/c32-23-6-5-22(25(33)29-23)31-15-18-12-17(3-4-21(18)26(31)34)16-7-10-30(11-8-16)14-19-13-28-24-20(19)2-1-9-27-24/h1-4,9,12-13,16,22H,5-8,10-11,14-15H2,(H,27,28)(H,29,32,33). The van der Waals surface area contributed by atoms with Crippen molar-refractivity contribution in [1.29, 1.82) is 0 Å². The Kier molecular flexibility index (Phi) is 5.17. The van der Waals surface area contributed by atoms with E-state index in [1.54, 1.807) is 4.90 Å². The Morgan fingerprint density at radius 3 is 2.74 bits per heavy atom. The summed E-state index contributed by atoms with van der Waals surface area (Å²) >= 11 is 0. The number of aromatic amines is 1. The normalized spacial score (nSPS) is 21.8. The number of H-pyrrole nitrogens is 1. The van der Waals surface area contributed by atoms with E-state index in [1.165, 1.54) is 16.5 Å². The molecule has 1 atom stereocenters. The number of likely N-dealkylation sites (tertiary alicyclic amines) is 1. The van der Waals surface area contributed by atoms with Crippen LogP contribution in [0, 0.1) is 0 Å². The smallest absolute Gasteiger partial charge is 0.255 e. The number of aromatic nitrogens is 2. The lowest BCUT2D eigenvalue weighted by Crippen LogP contribution is -2.52. The minimum atomic E-state index is -0.566. The summed E-state index contributed by atoms with van der Waals surface area (Å²) in [6.07, 6.45) is 6.68. The lowest BCUT2D eigenvalue weighted by molar-refractivity contribution is -0.136. The van der Waals surface area contributed by atoms with Crippen molar-refractivity contribution in [3.63, 3.8) is 0 Å². The molecule has 2 N–H and O–H groups in total. The molecular weight excluding hydrogens is 430 g/mol.